The third-order valence-electron chi connectivity index (χ3n) is 8.83. The Labute approximate surface area is 242 Å². The predicted octanol–water partition coefficient (Wildman–Crippen LogP) is 4.95. The summed E-state index contributed by atoms with van der Waals surface area (Å²) in [5, 5.41) is 10.7. The lowest BCUT2D eigenvalue weighted by atomic mass is 9.98. The molecule has 3 aromatic carbocycles. The van der Waals surface area contributed by atoms with Crippen LogP contribution in [-0.4, -0.2) is 72.6 Å². The van der Waals surface area contributed by atoms with Crippen molar-refractivity contribution in [1.82, 2.24) is 14.4 Å². The van der Waals surface area contributed by atoms with Crippen molar-refractivity contribution in [2.45, 2.75) is 20.4 Å². The number of carbonyl (C=O) groups is 1. The van der Waals surface area contributed by atoms with Crippen molar-refractivity contribution in [2.24, 2.45) is 7.05 Å². The average molecular weight is 547 g/mol. The molecule has 2 aliphatic heterocycles. The van der Waals surface area contributed by atoms with Gasteiger partial charge in [-0.3, -0.25) is 9.69 Å². The predicted molar refractivity (Wildman–Crippen MR) is 166 cm³/mol. The van der Waals surface area contributed by atoms with Crippen LogP contribution in [0, 0.1) is 25.2 Å². The number of anilines is 2. The van der Waals surface area contributed by atoms with Crippen LogP contribution in [0.3, 0.4) is 0 Å². The molecule has 210 valence electrons. The molecule has 0 N–H and O–H groups in total. The molecule has 0 spiro atoms. The monoisotopic (exact) mass is 546 g/mol. The Balaban J connectivity index is 1.11. The van der Waals surface area contributed by atoms with E-state index in [1.807, 2.05) is 29.2 Å². The van der Waals surface area contributed by atoms with Gasteiger partial charge < -0.3 is 19.3 Å². The molecular formula is C34H38N6O. The van der Waals surface area contributed by atoms with Gasteiger partial charge in [-0.1, -0.05) is 30.3 Å². The highest BCUT2D eigenvalue weighted by atomic mass is 16.2. The maximum atomic E-state index is 13.8. The van der Waals surface area contributed by atoms with Crippen LogP contribution < -0.4 is 9.80 Å². The first-order valence-electron chi connectivity index (χ1n) is 14.6. The summed E-state index contributed by atoms with van der Waals surface area (Å²) in [6, 6.07) is 23.1. The van der Waals surface area contributed by atoms with E-state index in [0.29, 0.717) is 13.1 Å². The van der Waals surface area contributed by atoms with Gasteiger partial charge in [-0.15, -0.1) is 0 Å². The molecule has 4 aromatic rings. The molecular weight excluding hydrogens is 508 g/mol. The fraction of sp³-hybridized carbons (Fsp3) is 0.353. The third-order valence-corrected chi connectivity index (χ3v) is 8.83. The second kappa shape index (κ2) is 11.3. The number of para-hydroxylation sites is 2. The van der Waals surface area contributed by atoms with Crippen LogP contribution in [0.4, 0.5) is 11.4 Å². The number of rotatable bonds is 5. The second-order valence-electron chi connectivity index (χ2n) is 11.4. The van der Waals surface area contributed by atoms with Crippen molar-refractivity contribution in [3.63, 3.8) is 0 Å². The zero-order valence-electron chi connectivity index (χ0n) is 24.3. The van der Waals surface area contributed by atoms with Crippen LogP contribution in [0.15, 0.2) is 66.9 Å². The second-order valence-corrected chi connectivity index (χ2v) is 11.4. The van der Waals surface area contributed by atoms with Gasteiger partial charge in [0, 0.05) is 83.1 Å². The molecule has 2 aliphatic rings. The SMILES string of the molecule is Cc1cc(C)c(C(=O)N2CCN(c3cccc4ccn(C)c34)CC2)cc1CN1CCN(c2ccccc2C#N)CC1. The minimum atomic E-state index is 0.137. The smallest absolute Gasteiger partial charge is 0.254 e. The van der Waals surface area contributed by atoms with Gasteiger partial charge in [0.15, 0.2) is 0 Å². The molecule has 7 nitrogen and oxygen atoms in total. The number of nitrogens with zero attached hydrogens (tertiary/aromatic N) is 6. The standard InChI is InChI=1S/C34H38N6O/c1-25-21-26(2)30(22-29(25)24-37-13-15-38(16-14-37)31-9-5-4-7-28(31)23-35)34(41)40-19-17-39(18-20-40)32-10-6-8-27-11-12-36(3)33(27)32/h4-12,21-22H,13-20,24H2,1-3H3. The van der Waals surface area contributed by atoms with Crippen molar-refractivity contribution >= 4 is 28.2 Å². The van der Waals surface area contributed by atoms with Gasteiger partial charge >= 0.3 is 0 Å². The Morgan fingerprint density at radius 1 is 0.805 bits per heavy atom. The van der Waals surface area contributed by atoms with Crippen LogP contribution >= 0.6 is 0 Å². The lowest BCUT2D eigenvalue weighted by Gasteiger charge is -2.37. The lowest BCUT2D eigenvalue weighted by molar-refractivity contribution is 0.0746. The third kappa shape index (κ3) is 5.28. The Bertz CT molecular complexity index is 1620. The van der Waals surface area contributed by atoms with E-state index in [1.165, 1.54) is 27.7 Å². The number of aromatic nitrogens is 1. The first-order chi connectivity index (χ1) is 19.9. The van der Waals surface area contributed by atoms with Gasteiger partial charge in [-0.25, -0.2) is 0 Å². The Morgan fingerprint density at radius 2 is 1.49 bits per heavy atom. The molecule has 0 aliphatic carbocycles. The van der Waals surface area contributed by atoms with Gasteiger partial charge in [0.2, 0.25) is 0 Å². The molecule has 3 heterocycles. The normalized spacial score (nSPS) is 16.3. The van der Waals surface area contributed by atoms with E-state index < -0.39 is 0 Å². The van der Waals surface area contributed by atoms with Gasteiger partial charge in [-0.05, 0) is 60.9 Å². The molecule has 7 heteroatoms. The van der Waals surface area contributed by atoms with Crippen LogP contribution in [0.1, 0.15) is 32.6 Å². The number of amides is 1. The maximum Gasteiger partial charge on any atom is 0.254 e. The fourth-order valence-corrected chi connectivity index (χ4v) is 6.44. The Kier molecular flexibility index (Phi) is 7.42. The van der Waals surface area contributed by atoms with Crippen LogP contribution in [0.5, 0.6) is 0 Å². The summed E-state index contributed by atoms with van der Waals surface area (Å²) in [7, 11) is 2.09. The molecule has 0 saturated carbocycles. The summed E-state index contributed by atoms with van der Waals surface area (Å²) < 4.78 is 2.18. The Morgan fingerprint density at radius 3 is 2.24 bits per heavy atom. The number of nitriles is 1. The van der Waals surface area contributed by atoms with Crippen molar-refractivity contribution in [3.05, 3.63) is 94.7 Å². The molecule has 0 bridgehead atoms. The van der Waals surface area contributed by atoms with Gasteiger partial charge in [0.1, 0.15) is 6.07 Å². The molecule has 2 fully saturated rings. The molecule has 41 heavy (non-hydrogen) atoms. The van der Waals surface area contributed by atoms with E-state index in [0.717, 1.165) is 68.2 Å². The largest absolute Gasteiger partial charge is 0.368 e. The Hall–Kier alpha value is -4.28. The highest BCUT2D eigenvalue weighted by Gasteiger charge is 2.26. The molecule has 6 rings (SSSR count). The number of hydrogen-bond donors (Lipinski definition) is 0. The molecule has 0 unspecified atom stereocenters. The van der Waals surface area contributed by atoms with Gasteiger partial charge in [0.25, 0.3) is 5.91 Å². The number of hydrogen-bond acceptors (Lipinski definition) is 5. The van der Waals surface area contributed by atoms with Gasteiger partial charge in [-0.2, -0.15) is 5.26 Å². The van der Waals surface area contributed by atoms with Crippen LogP contribution in [-0.2, 0) is 13.6 Å². The van der Waals surface area contributed by atoms with E-state index in [1.54, 1.807) is 0 Å². The van der Waals surface area contributed by atoms with Gasteiger partial charge in [0.05, 0.1) is 22.5 Å². The van der Waals surface area contributed by atoms with Crippen molar-refractivity contribution in [3.8, 4) is 6.07 Å². The summed E-state index contributed by atoms with van der Waals surface area (Å²) in [5.74, 6) is 0.137. The zero-order chi connectivity index (χ0) is 28.5. The zero-order valence-corrected chi connectivity index (χ0v) is 24.3. The van der Waals surface area contributed by atoms with Crippen molar-refractivity contribution in [1.29, 1.82) is 5.26 Å². The lowest BCUT2D eigenvalue weighted by Crippen LogP contribution is -2.49. The summed E-state index contributed by atoms with van der Waals surface area (Å²) in [4.78, 5) is 23.0. The van der Waals surface area contributed by atoms with E-state index in [4.69, 9.17) is 0 Å². The average Bonchev–Trinajstić information content (AvgIpc) is 3.39. The first kappa shape index (κ1) is 26.9. The first-order valence-corrected chi connectivity index (χ1v) is 14.6. The number of piperazine rings is 2. The quantitative estimate of drug-likeness (QED) is 0.355. The fourth-order valence-electron chi connectivity index (χ4n) is 6.44. The highest BCUT2D eigenvalue weighted by molar-refractivity contribution is 5.96. The molecule has 0 atom stereocenters. The number of aryl methyl sites for hydroxylation is 3. The van der Waals surface area contributed by atoms with E-state index in [-0.39, 0.29) is 5.91 Å². The van der Waals surface area contributed by atoms with Crippen LogP contribution in [0.2, 0.25) is 0 Å². The minimum Gasteiger partial charge on any atom is -0.368 e. The molecule has 0 radical (unpaired) electrons. The molecule has 1 aromatic heterocycles. The number of benzene rings is 3. The minimum absolute atomic E-state index is 0.137. The summed E-state index contributed by atoms with van der Waals surface area (Å²) >= 11 is 0. The van der Waals surface area contributed by atoms with Crippen molar-refractivity contribution < 1.29 is 4.79 Å². The van der Waals surface area contributed by atoms with E-state index >= 15 is 0 Å². The summed E-state index contributed by atoms with van der Waals surface area (Å²) in [6.07, 6.45) is 2.11. The van der Waals surface area contributed by atoms with E-state index in [2.05, 4.69) is 88.8 Å². The summed E-state index contributed by atoms with van der Waals surface area (Å²) in [6.45, 7) is 11.7. The van der Waals surface area contributed by atoms with Crippen LogP contribution in [0.25, 0.3) is 10.9 Å². The molecule has 2 saturated heterocycles. The van der Waals surface area contributed by atoms with Crippen molar-refractivity contribution in [2.75, 3.05) is 62.2 Å². The maximum absolute atomic E-state index is 13.8. The number of carbonyl (C=O) groups excluding carboxylic acids is 1. The van der Waals surface area contributed by atoms with E-state index in [9.17, 15) is 10.1 Å². The molecule has 1 amide bonds. The number of fused-ring (bicyclic) bond motifs is 1. The topological polar surface area (TPSA) is 58.8 Å². The highest BCUT2D eigenvalue weighted by Crippen LogP contribution is 2.29. The summed E-state index contributed by atoms with van der Waals surface area (Å²) in [5.41, 5.74) is 8.57.